The Bertz CT molecular complexity index is 1020. The number of hydrogen-bond donors (Lipinski definition) is 1. The van der Waals surface area contributed by atoms with Gasteiger partial charge in [0.05, 0.1) is 13.2 Å². The molecule has 1 aliphatic carbocycles. The van der Waals surface area contributed by atoms with Crippen molar-refractivity contribution in [3.05, 3.63) is 71.8 Å². The molecule has 4 fully saturated rings. The Hall–Kier alpha value is -2.78. The van der Waals surface area contributed by atoms with Crippen LogP contribution in [-0.2, 0) is 46.5 Å². The highest BCUT2D eigenvalue weighted by molar-refractivity contribution is 5.74. The zero-order valence-corrected chi connectivity index (χ0v) is 19.2. The van der Waals surface area contributed by atoms with Gasteiger partial charge < -0.3 is 29.0 Å². The number of hydrogen-bond acceptors (Lipinski definition) is 7. The SMILES string of the molecule is CC(=O)N[C@]12C[C@H]3O[C@H](O[C@H]([C@H]3OC(C)=O)[C@H]1OCc1ccccc1)[C@H]2OCc1ccccc1. The van der Waals surface area contributed by atoms with Crippen molar-refractivity contribution in [2.75, 3.05) is 0 Å². The first kappa shape index (κ1) is 23.0. The Balaban J connectivity index is 1.47. The highest BCUT2D eigenvalue weighted by atomic mass is 16.7. The molecule has 0 radical (unpaired) electrons. The van der Waals surface area contributed by atoms with Crippen LogP contribution in [0.4, 0.5) is 0 Å². The van der Waals surface area contributed by atoms with Gasteiger partial charge in [-0.25, -0.2) is 0 Å². The fourth-order valence-corrected chi connectivity index (χ4v) is 5.39. The van der Waals surface area contributed by atoms with Crippen LogP contribution in [0.25, 0.3) is 0 Å². The van der Waals surface area contributed by atoms with Gasteiger partial charge in [-0.15, -0.1) is 0 Å². The minimum Gasteiger partial charge on any atom is -0.457 e. The van der Waals surface area contributed by atoms with Crippen LogP contribution in [0.5, 0.6) is 0 Å². The number of rotatable bonds is 8. The van der Waals surface area contributed by atoms with Gasteiger partial charge >= 0.3 is 5.97 Å². The third-order valence-corrected chi connectivity index (χ3v) is 6.65. The van der Waals surface area contributed by atoms with Crippen molar-refractivity contribution >= 4 is 11.9 Å². The smallest absolute Gasteiger partial charge is 0.303 e. The summed E-state index contributed by atoms with van der Waals surface area (Å²) < 4.78 is 30.8. The molecule has 0 aromatic heterocycles. The maximum atomic E-state index is 12.4. The van der Waals surface area contributed by atoms with E-state index < -0.39 is 48.3 Å². The summed E-state index contributed by atoms with van der Waals surface area (Å²) in [4.78, 5) is 24.3. The lowest BCUT2D eigenvalue weighted by molar-refractivity contribution is -0.410. The minimum atomic E-state index is -0.900. The molecule has 8 nitrogen and oxygen atoms in total. The largest absolute Gasteiger partial charge is 0.457 e. The molecular formula is C26H29NO7. The summed E-state index contributed by atoms with van der Waals surface area (Å²) in [5.74, 6) is -0.621. The van der Waals surface area contributed by atoms with Gasteiger partial charge in [-0.3, -0.25) is 9.59 Å². The number of benzene rings is 2. The summed E-state index contributed by atoms with van der Waals surface area (Å²) in [6.07, 6.45) is -3.24. The van der Waals surface area contributed by atoms with Crippen molar-refractivity contribution < 1.29 is 33.3 Å². The lowest BCUT2D eigenvalue weighted by Gasteiger charge is -2.64. The van der Waals surface area contributed by atoms with Crippen molar-refractivity contribution in [2.24, 2.45) is 0 Å². The van der Waals surface area contributed by atoms with Crippen LogP contribution in [0.15, 0.2) is 60.7 Å². The zero-order valence-electron chi connectivity index (χ0n) is 19.2. The van der Waals surface area contributed by atoms with Crippen molar-refractivity contribution in [1.82, 2.24) is 5.32 Å². The number of nitrogens with one attached hydrogen (secondary N) is 1. The summed E-state index contributed by atoms with van der Waals surface area (Å²) in [6, 6.07) is 19.6. The Morgan fingerprint density at radius 1 is 0.912 bits per heavy atom. The maximum absolute atomic E-state index is 12.4. The van der Waals surface area contributed by atoms with Crippen LogP contribution in [0.3, 0.4) is 0 Å². The summed E-state index contributed by atoms with van der Waals surface area (Å²) in [5, 5.41) is 3.14. The van der Waals surface area contributed by atoms with Crippen molar-refractivity contribution in [3.63, 3.8) is 0 Å². The molecule has 0 unspecified atom stereocenters. The van der Waals surface area contributed by atoms with E-state index in [0.717, 1.165) is 11.1 Å². The van der Waals surface area contributed by atoms with E-state index in [1.54, 1.807) is 0 Å². The summed E-state index contributed by atoms with van der Waals surface area (Å²) >= 11 is 0. The Kier molecular flexibility index (Phi) is 6.40. The molecule has 1 saturated carbocycles. The van der Waals surface area contributed by atoms with Gasteiger partial charge in [-0.2, -0.15) is 0 Å². The fraction of sp³-hybridized carbons (Fsp3) is 0.462. The van der Waals surface area contributed by atoms with E-state index in [0.29, 0.717) is 19.6 Å². The number of ether oxygens (including phenoxy) is 5. The zero-order chi connectivity index (χ0) is 23.7. The molecule has 4 aliphatic rings. The van der Waals surface area contributed by atoms with Crippen LogP contribution < -0.4 is 5.32 Å². The standard InChI is InChI=1S/C26H29NO7/c1-16(28)27-26-13-20-21(32-17(2)29)22(23(26)30-14-18-9-5-3-6-10-18)34-25(33-20)24(26)31-15-19-11-7-4-8-12-19/h3-12,20-25H,13-15H2,1-2H3,(H,27,28)/t20-,21+,22-,23-,24-,25-,26-/m1/s1. The number of carbonyl (C=O) groups excluding carboxylic acids is 2. The summed E-state index contributed by atoms with van der Waals surface area (Å²) in [5.41, 5.74) is 1.08. The van der Waals surface area contributed by atoms with Crippen molar-refractivity contribution in [2.45, 2.75) is 75.8 Å². The first-order valence-electron chi connectivity index (χ1n) is 11.5. The summed E-state index contributed by atoms with van der Waals surface area (Å²) in [7, 11) is 0. The van der Waals surface area contributed by atoms with Gasteiger partial charge in [-0.1, -0.05) is 60.7 Å². The monoisotopic (exact) mass is 467 g/mol. The number of carbonyl (C=O) groups is 2. The van der Waals surface area contributed by atoms with E-state index in [1.807, 2.05) is 60.7 Å². The van der Waals surface area contributed by atoms with E-state index in [-0.39, 0.29) is 5.91 Å². The molecule has 1 N–H and O–H groups in total. The van der Waals surface area contributed by atoms with Gasteiger partial charge in [-0.05, 0) is 11.1 Å². The first-order valence-corrected chi connectivity index (χ1v) is 11.5. The second-order valence-corrected chi connectivity index (χ2v) is 9.08. The minimum absolute atomic E-state index is 0.201. The van der Waals surface area contributed by atoms with E-state index in [1.165, 1.54) is 13.8 Å². The average Bonchev–Trinajstić information content (AvgIpc) is 2.81. The quantitative estimate of drug-likeness (QED) is 0.597. The third-order valence-electron chi connectivity index (χ3n) is 6.65. The molecule has 4 bridgehead atoms. The molecule has 3 heterocycles. The van der Waals surface area contributed by atoms with E-state index in [4.69, 9.17) is 23.7 Å². The fourth-order valence-electron chi connectivity index (χ4n) is 5.39. The van der Waals surface area contributed by atoms with Crippen LogP contribution in [-0.4, -0.2) is 54.2 Å². The predicted molar refractivity (Wildman–Crippen MR) is 120 cm³/mol. The second kappa shape index (κ2) is 9.46. The molecule has 180 valence electrons. The molecule has 8 heteroatoms. The highest BCUT2D eigenvalue weighted by Crippen LogP contribution is 2.50. The second-order valence-electron chi connectivity index (χ2n) is 9.08. The van der Waals surface area contributed by atoms with Crippen LogP contribution in [0.2, 0.25) is 0 Å². The Morgan fingerprint density at radius 3 is 2.06 bits per heavy atom. The van der Waals surface area contributed by atoms with Gasteiger partial charge in [0.25, 0.3) is 0 Å². The predicted octanol–water partition coefficient (Wildman–Crippen LogP) is 2.49. The lowest BCUT2D eigenvalue weighted by atomic mass is 9.67. The van der Waals surface area contributed by atoms with Crippen molar-refractivity contribution in [1.29, 1.82) is 0 Å². The molecule has 0 spiro atoms. The van der Waals surface area contributed by atoms with Gasteiger partial charge in [0.2, 0.25) is 5.91 Å². The molecular weight excluding hydrogens is 438 g/mol. The maximum Gasteiger partial charge on any atom is 0.303 e. The van der Waals surface area contributed by atoms with E-state index in [9.17, 15) is 9.59 Å². The molecule has 3 saturated heterocycles. The number of amides is 1. The normalized spacial score (nSPS) is 33.5. The van der Waals surface area contributed by atoms with Crippen LogP contribution in [0, 0.1) is 0 Å². The molecule has 34 heavy (non-hydrogen) atoms. The first-order chi connectivity index (χ1) is 16.5. The third kappa shape index (κ3) is 4.34. The summed E-state index contributed by atoms with van der Waals surface area (Å²) in [6.45, 7) is 3.47. The Labute approximate surface area is 198 Å². The van der Waals surface area contributed by atoms with E-state index >= 15 is 0 Å². The van der Waals surface area contributed by atoms with Gasteiger partial charge in [0.1, 0.15) is 30.0 Å². The molecule has 6 rings (SSSR count). The molecule has 2 aromatic rings. The topological polar surface area (TPSA) is 92.3 Å². The molecule has 2 aromatic carbocycles. The van der Waals surface area contributed by atoms with Gasteiger partial charge in [0, 0.05) is 20.3 Å². The van der Waals surface area contributed by atoms with Gasteiger partial charge in [0.15, 0.2) is 12.4 Å². The van der Waals surface area contributed by atoms with E-state index in [2.05, 4.69) is 5.32 Å². The number of esters is 1. The van der Waals surface area contributed by atoms with Crippen molar-refractivity contribution in [3.8, 4) is 0 Å². The molecule has 7 atom stereocenters. The molecule has 3 aliphatic heterocycles. The average molecular weight is 468 g/mol. The lowest BCUT2D eigenvalue weighted by Crippen LogP contribution is -2.84. The highest BCUT2D eigenvalue weighted by Gasteiger charge is 2.70. The molecule has 1 amide bonds. The Morgan fingerprint density at radius 2 is 1.50 bits per heavy atom. The van der Waals surface area contributed by atoms with Crippen LogP contribution in [0.1, 0.15) is 31.4 Å². The van der Waals surface area contributed by atoms with Crippen LogP contribution >= 0.6 is 0 Å².